The number of hydrogen-bond acceptors (Lipinski definition) is 4. The second-order valence-corrected chi connectivity index (χ2v) is 4.14. The molecule has 0 saturated carbocycles. The standard InChI is InChI=1S/C9H9ClF3N3O/c1-17-8(9(11,12)13)3-16(4-8)7-2-6(10)14-5-15-7/h2,5H,3-4H2,1H3. The Morgan fingerprint density at radius 2 is 2.06 bits per heavy atom. The molecule has 1 aliphatic heterocycles. The fourth-order valence-corrected chi connectivity index (χ4v) is 1.79. The lowest BCUT2D eigenvalue weighted by molar-refractivity contribution is -0.277. The average molecular weight is 268 g/mol. The van der Waals surface area contributed by atoms with E-state index >= 15 is 0 Å². The van der Waals surface area contributed by atoms with E-state index in [1.807, 2.05) is 0 Å². The molecule has 17 heavy (non-hydrogen) atoms. The summed E-state index contributed by atoms with van der Waals surface area (Å²) in [7, 11) is 1.05. The molecule has 0 aromatic carbocycles. The number of halogens is 4. The minimum atomic E-state index is -4.39. The maximum Gasteiger partial charge on any atom is 0.420 e. The number of anilines is 1. The Morgan fingerprint density at radius 1 is 1.41 bits per heavy atom. The lowest BCUT2D eigenvalue weighted by Gasteiger charge is -2.49. The molecule has 94 valence electrons. The Balaban J connectivity index is 2.12. The number of aromatic nitrogens is 2. The molecule has 1 aromatic heterocycles. The number of nitrogens with zero attached hydrogens (tertiary/aromatic N) is 3. The van der Waals surface area contributed by atoms with Crippen LogP contribution in [0, 0.1) is 0 Å². The zero-order valence-electron chi connectivity index (χ0n) is 8.83. The summed E-state index contributed by atoms with van der Waals surface area (Å²) in [5.41, 5.74) is -2.11. The van der Waals surface area contributed by atoms with E-state index in [4.69, 9.17) is 11.6 Å². The molecule has 1 aliphatic rings. The van der Waals surface area contributed by atoms with Gasteiger partial charge in [-0.2, -0.15) is 13.2 Å². The third-order valence-electron chi connectivity index (χ3n) is 2.74. The minimum absolute atomic E-state index is 0.192. The topological polar surface area (TPSA) is 38.2 Å². The largest absolute Gasteiger partial charge is 0.420 e. The van der Waals surface area contributed by atoms with Gasteiger partial charge < -0.3 is 9.64 Å². The van der Waals surface area contributed by atoms with Crippen molar-refractivity contribution in [3.05, 3.63) is 17.5 Å². The van der Waals surface area contributed by atoms with E-state index in [0.717, 1.165) is 7.11 Å². The van der Waals surface area contributed by atoms with E-state index in [0.29, 0.717) is 5.82 Å². The molecule has 2 rings (SSSR count). The van der Waals surface area contributed by atoms with E-state index < -0.39 is 11.8 Å². The molecule has 1 fully saturated rings. The minimum Gasteiger partial charge on any atom is -0.365 e. The second-order valence-electron chi connectivity index (χ2n) is 3.75. The monoisotopic (exact) mass is 267 g/mol. The lowest BCUT2D eigenvalue weighted by atomic mass is 9.93. The van der Waals surface area contributed by atoms with Gasteiger partial charge in [-0.05, 0) is 0 Å². The Kier molecular flexibility index (Phi) is 2.90. The Morgan fingerprint density at radius 3 is 2.53 bits per heavy atom. The third kappa shape index (κ3) is 2.04. The summed E-state index contributed by atoms with van der Waals surface area (Å²) in [5, 5.41) is 0.192. The van der Waals surface area contributed by atoms with Crippen molar-refractivity contribution in [3.8, 4) is 0 Å². The Labute approximate surface area is 100 Å². The van der Waals surface area contributed by atoms with Crippen molar-refractivity contribution in [1.29, 1.82) is 0 Å². The van der Waals surface area contributed by atoms with Crippen LogP contribution in [0.3, 0.4) is 0 Å². The first-order valence-corrected chi connectivity index (χ1v) is 5.10. The Hall–Kier alpha value is -1.08. The van der Waals surface area contributed by atoms with Crippen LogP contribution in [0.15, 0.2) is 12.4 Å². The summed E-state index contributed by atoms with van der Waals surface area (Å²) in [6, 6.07) is 1.41. The highest BCUT2D eigenvalue weighted by Crippen LogP contribution is 2.41. The summed E-state index contributed by atoms with van der Waals surface area (Å²) < 4.78 is 42.7. The van der Waals surface area contributed by atoms with E-state index in [2.05, 4.69) is 14.7 Å². The highest BCUT2D eigenvalue weighted by molar-refractivity contribution is 6.29. The summed E-state index contributed by atoms with van der Waals surface area (Å²) >= 11 is 5.63. The van der Waals surface area contributed by atoms with Crippen molar-refractivity contribution in [1.82, 2.24) is 9.97 Å². The van der Waals surface area contributed by atoms with Crippen LogP contribution in [-0.2, 0) is 4.74 Å². The zero-order chi connectivity index (χ0) is 12.7. The van der Waals surface area contributed by atoms with Crippen molar-refractivity contribution in [3.63, 3.8) is 0 Å². The predicted octanol–water partition coefficient (Wildman–Crippen LogP) is 1.90. The zero-order valence-corrected chi connectivity index (χ0v) is 9.59. The summed E-state index contributed by atoms with van der Waals surface area (Å²) in [4.78, 5) is 8.95. The van der Waals surface area contributed by atoms with Gasteiger partial charge >= 0.3 is 6.18 Å². The van der Waals surface area contributed by atoms with Crippen LogP contribution in [0.5, 0.6) is 0 Å². The second kappa shape index (κ2) is 3.99. The first-order chi connectivity index (χ1) is 7.88. The van der Waals surface area contributed by atoms with Gasteiger partial charge in [0.1, 0.15) is 17.3 Å². The first-order valence-electron chi connectivity index (χ1n) is 4.72. The van der Waals surface area contributed by atoms with Crippen LogP contribution in [-0.4, -0.2) is 41.9 Å². The van der Waals surface area contributed by atoms with Gasteiger partial charge in [-0.3, -0.25) is 0 Å². The molecular weight excluding hydrogens is 259 g/mol. The van der Waals surface area contributed by atoms with Crippen LogP contribution < -0.4 is 4.90 Å². The number of rotatable bonds is 2. The molecule has 0 unspecified atom stereocenters. The van der Waals surface area contributed by atoms with Crippen LogP contribution >= 0.6 is 11.6 Å². The molecule has 4 nitrogen and oxygen atoms in total. The number of ether oxygens (including phenoxy) is 1. The molecule has 0 atom stereocenters. The average Bonchev–Trinajstić information content (AvgIpc) is 2.14. The van der Waals surface area contributed by atoms with Gasteiger partial charge in [-0.1, -0.05) is 11.6 Å². The van der Waals surface area contributed by atoms with Crippen molar-refractivity contribution < 1.29 is 17.9 Å². The van der Waals surface area contributed by atoms with E-state index in [9.17, 15) is 13.2 Å². The third-order valence-corrected chi connectivity index (χ3v) is 2.95. The number of methoxy groups -OCH3 is 1. The molecular formula is C9H9ClF3N3O. The molecule has 0 aliphatic carbocycles. The van der Waals surface area contributed by atoms with E-state index in [1.165, 1.54) is 17.3 Å². The molecule has 1 saturated heterocycles. The van der Waals surface area contributed by atoms with Crippen molar-refractivity contribution in [2.24, 2.45) is 0 Å². The van der Waals surface area contributed by atoms with Crippen LogP contribution in [0.4, 0.5) is 19.0 Å². The number of alkyl halides is 3. The highest BCUT2D eigenvalue weighted by atomic mass is 35.5. The van der Waals surface area contributed by atoms with E-state index in [-0.39, 0.29) is 18.2 Å². The number of hydrogen-bond donors (Lipinski definition) is 0. The summed E-state index contributed by atoms with van der Waals surface area (Å²) in [6.45, 7) is -0.583. The summed E-state index contributed by atoms with van der Waals surface area (Å²) in [5.74, 6) is 0.363. The Bertz CT molecular complexity index is 420. The van der Waals surface area contributed by atoms with Crippen molar-refractivity contribution >= 4 is 17.4 Å². The quantitative estimate of drug-likeness (QED) is 0.767. The van der Waals surface area contributed by atoms with Crippen molar-refractivity contribution in [2.75, 3.05) is 25.1 Å². The van der Waals surface area contributed by atoms with Crippen LogP contribution in [0.2, 0.25) is 5.15 Å². The SMILES string of the molecule is COC1(C(F)(F)F)CN(c2cc(Cl)ncn2)C1. The first kappa shape index (κ1) is 12.4. The van der Waals surface area contributed by atoms with Gasteiger partial charge in [0.2, 0.25) is 0 Å². The highest BCUT2D eigenvalue weighted by Gasteiger charge is 2.63. The molecule has 0 N–H and O–H groups in total. The normalized spacial score (nSPS) is 19.0. The molecule has 0 radical (unpaired) electrons. The molecule has 8 heteroatoms. The maximum absolute atomic E-state index is 12.7. The van der Waals surface area contributed by atoms with Gasteiger partial charge in [0, 0.05) is 13.2 Å². The molecule has 0 bridgehead atoms. The molecule has 0 amide bonds. The van der Waals surface area contributed by atoms with Gasteiger partial charge in [-0.25, -0.2) is 9.97 Å². The fraction of sp³-hybridized carbons (Fsp3) is 0.556. The van der Waals surface area contributed by atoms with Crippen molar-refractivity contribution in [2.45, 2.75) is 11.8 Å². The van der Waals surface area contributed by atoms with Gasteiger partial charge in [0.05, 0.1) is 13.1 Å². The van der Waals surface area contributed by atoms with Gasteiger partial charge in [-0.15, -0.1) is 0 Å². The van der Waals surface area contributed by atoms with Gasteiger partial charge in [0.25, 0.3) is 0 Å². The molecule has 2 heterocycles. The molecule has 1 aromatic rings. The van der Waals surface area contributed by atoms with Crippen LogP contribution in [0.25, 0.3) is 0 Å². The smallest absolute Gasteiger partial charge is 0.365 e. The maximum atomic E-state index is 12.7. The predicted molar refractivity (Wildman–Crippen MR) is 55.1 cm³/mol. The molecule has 0 spiro atoms. The van der Waals surface area contributed by atoms with E-state index in [1.54, 1.807) is 0 Å². The van der Waals surface area contributed by atoms with Crippen LogP contribution in [0.1, 0.15) is 0 Å². The fourth-order valence-electron chi connectivity index (χ4n) is 1.65. The lowest BCUT2D eigenvalue weighted by Crippen LogP contribution is -2.70. The summed E-state index contributed by atoms with van der Waals surface area (Å²) in [6.07, 6.45) is -3.19. The van der Waals surface area contributed by atoms with Gasteiger partial charge in [0.15, 0.2) is 5.60 Å².